The molecule has 0 fully saturated rings. The Hall–Kier alpha value is -2.02. The predicted molar refractivity (Wildman–Crippen MR) is 82.3 cm³/mol. The largest absolute Gasteiger partial charge is 0.481 e. The lowest BCUT2D eigenvalue weighted by Gasteiger charge is -2.18. The van der Waals surface area contributed by atoms with Crippen LogP contribution in [0.15, 0.2) is 41.8 Å². The Morgan fingerprint density at radius 1 is 1.30 bits per heavy atom. The third-order valence-electron chi connectivity index (χ3n) is 3.12. The van der Waals surface area contributed by atoms with E-state index in [1.807, 2.05) is 17.5 Å². The summed E-state index contributed by atoms with van der Waals surface area (Å²) < 4.78 is 43.5. The first-order valence-electron chi connectivity index (χ1n) is 7.04. The molecule has 0 aliphatic carbocycles. The number of hydrogen-bond donors (Lipinski definition) is 1. The molecule has 1 N–H and O–H groups in total. The summed E-state index contributed by atoms with van der Waals surface area (Å²) in [6, 6.07) is 8.29. The van der Waals surface area contributed by atoms with E-state index in [0.717, 1.165) is 17.0 Å². The summed E-state index contributed by atoms with van der Waals surface area (Å²) in [5.74, 6) is -0.323. The number of amides is 1. The van der Waals surface area contributed by atoms with Crippen LogP contribution in [-0.2, 0) is 17.5 Å². The molecule has 2 rings (SSSR count). The summed E-state index contributed by atoms with van der Waals surface area (Å²) in [6.07, 6.45) is -4.92. The van der Waals surface area contributed by atoms with Crippen LogP contribution in [0.2, 0.25) is 0 Å². The number of carbonyl (C=O) groups excluding carboxylic acids is 1. The minimum absolute atomic E-state index is 0.0259. The van der Waals surface area contributed by atoms with Gasteiger partial charge in [0.2, 0.25) is 0 Å². The van der Waals surface area contributed by atoms with Gasteiger partial charge in [0, 0.05) is 4.88 Å². The van der Waals surface area contributed by atoms with Crippen LogP contribution in [0.1, 0.15) is 23.8 Å². The fourth-order valence-corrected chi connectivity index (χ4v) is 2.58. The Morgan fingerprint density at radius 3 is 2.70 bits per heavy atom. The standard InChI is InChI=1S/C16H16F3NO2S/c1-2-14(15(21)20-10-13-7-4-8-23-13)22-12-6-3-5-11(9-12)16(17,18)19/h3-9,14H,2,10H2,1H3,(H,20,21). The number of rotatable bonds is 6. The summed E-state index contributed by atoms with van der Waals surface area (Å²) in [5.41, 5.74) is -0.802. The van der Waals surface area contributed by atoms with Crippen LogP contribution in [0, 0.1) is 0 Å². The molecule has 0 bridgehead atoms. The maximum atomic E-state index is 12.7. The molecule has 3 nitrogen and oxygen atoms in total. The second-order valence-corrected chi connectivity index (χ2v) is 5.87. The number of nitrogens with one attached hydrogen (secondary N) is 1. The van der Waals surface area contributed by atoms with Crippen molar-refractivity contribution in [3.63, 3.8) is 0 Å². The highest BCUT2D eigenvalue weighted by atomic mass is 32.1. The Labute approximate surface area is 136 Å². The first-order chi connectivity index (χ1) is 10.9. The Bertz CT molecular complexity index is 641. The minimum atomic E-state index is -4.44. The van der Waals surface area contributed by atoms with Gasteiger partial charge >= 0.3 is 6.18 Å². The topological polar surface area (TPSA) is 38.3 Å². The summed E-state index contributed by atoms with van der Waals surface area (Å²) in [6.45, 7) is 2.11. The van der Waals surface area contributed by atoms with Crippen molar-refractivity contribution < 1.29 is 22.7 Å². The molecular weight excluding hydrogens is 327 g/mol. The smallest absolute Gasteiger partial charge is 0.416 e. The average Bonchev–Trinajstić information content (AvgIpc) is 3.03. The first-order valence-corrected chi connectivity index (χ1v) is 7.92. The monoisotopic (exact) mass is 343 g/mol. The Balaban J connectivity index is 1.99. The van der Waals surface area contributed by atoms with Crippen LogP contribution >= 0.6 is 11.3 Å². The van der Waals surface area contributed by atoms with E-state index in [0.29, 0.717) is 13.0 Å². The second-order valence-electron chi connectivity index (χ2n) is 4.84. The zero-order valence-corrected chi connectivity index (χ0v) is 13.2. The number of thiophene rings is 1. The molecular formula is C16H16F3NO2S. The summed E-state index contributed by atoms with van der Waals surface area (Å²) in [5, 5.41) is 4.63. The van der Waals surface area contributed by atoms with Crippen LogP contribution in [0.25, 0.3) is 0 Å². The van der Waals surface area contributed by atoms with Crippen molar-refractivity contribution in [2.24, 2.45) is 0 Å². The normalized spacial score (nSPS) is 12.7. The lowest BCUT2D eigenvalue weighted by atomic mass is 10.2. The number of carbonyl (C=O) groups is 1. The highest BCUT2D eigenvalue weighted by Gasteiger charge is 2.31. The fourth-order valence-electron chi connectivity index (χ4n) is 1.93. The third kappa shape index (κ3) is 4.99. The van der Waals surface area contributed by atoms with Crippen LogP contribution in [0.3, 0.4) is 0 Å². The quantitative estimate of drug-likeness (QED) is 0.852. The van der Waals surface area contributed by atoms with Crippen molar-refractivity contribution in [3.05, 3.63) is 52.2 Å². The molecule has 2 aromatic rings. The van der Waals surface area contributed by atoms with Gasteiger partial charge in [-0.3, -0.25) is 4.79 Å². The summed E-state index contributed by atoms with van der Waals surface area (Å²) in [4.78, 5) is 13.1. The maximum absolute atomic E-state index is 12.7. The van der Waals surface area contributed by atoms with Gasteiger partial charge in [0.25, 0.3) is 5.91 Å². The van der Waals surface area contributed by atoms with E-state index >= 15 is 0 Å². The molecule has 0 aliphatic heterocycles. The molecule has 0 spiro atoms. The van der Waals surface area contributed by atoms with Gasteiger partial charge in [-0.1, -0.05) is 19.1 Å². The third-order valence-corrected chi connectivity index (χ3v) is 4.00. The first kappa shape index (κ1) is 17.3. The zero-order chi connectivity index (χ0) is 16.9. The number of alkyl halides is 3. The second kappa shape index (κ2) is 7.50. The molecule has 0 saturated heterocycles. The van der Waals surface area contributed by atoms with E-state index in [4.69, 9.17) is 4.74 Å². The number of hydrogen-bond acceptors (Lipinski definition) is 3. The van der Waals surface area contributed by atoms with E-state index in [-0.39, 0.29) is 11.7 Å². The van der Waals surface area contributed by atoms with E-state index in [1.54, 1.807) is 6.92 Å². The van der Waals surface area contributed by atoms with Crippen molar-refractivity contribution in [1.82, 2.24) is 5.32 Å². The molecule has 1 aromatic heterocycles. The van der Waals surface area contributed by atoms with Crippen molar-refractivity contribution in [2.75, 3.05) is 0 Å². The van der Waals surface area contributed by atoms with Gasteiger partial charge in [-0.05, 0) is 36.1 Å². The van der Waals surface area contributed by atoms with E-state index in [2.05, 4.69) is 5.32 Å². The number of benzene rings is 1. The SMILES string of the molecule is CCC(Oc1cccc(C(F)(F)F)c1)C(=O)NCc1cccs1. The van der Waals surface area contributed by atoms with Crippen LogP contribution in [0.4, 0.5) is 13.2 Å². The maximum Gasteiger partial charge on any atom is 0.416 e. The van der Waals surface area contributed by atoms with Crippen molar-refractivity contribution in [3.8, 4) is 5.75 Å². The lowest BCUT2D eigenvalue weighted by molar-refractivity contribution is -0.137. The lowest BCUT2D eigenvalue weighted by Crippen LogP contribution is -2.37. The minimum Gasteiger partial charge on any atom is -0.481 e. The van der Waals surface area contributed by atoms with Gasteiger partial charge in [-0.2, -0.15) is 13.2 Å². The molecule has 0 saturated carbocycles. The molecule has 7 heteroatoms. The van der Waals surface area contributed by atoms with Crippen LogP contribution < -0.4 is 10.1 Å². The van der Waals surface area contributed by atoms with Gasteiger partial charge in [0.1, 0.15) is 5.75 Å². The molecule has 1 aromatic carbocycles. The van der Waals surface area contributed by atoms with E-state index in [1.165, 1.54) is 23.5 Å². The Morgan fingerprint density at radius 2 is 2.09 bits per heavy atom. The van der Waals surface area contributed by atoms with E-state index in [9.17, 15) is 18.0 Å². The number of halogens is 3. The van der Waals surface area contributed by atoms with Gasteiger partial charge in [0.15, 0.2) is 6.10 Å². The van der Waals surface area contributed by atoms with Crippen LogP contribution in [0.5, 0.6) is 5.75 Å². The molecule has 0 aliphatic rings. The molecule has 1 atom stereocenters. The summed E-state index contributed by atoms with van der Waals surface area (Å²) >= 11 is 1.51. The van der Waals surface area contributed by atoms with Crippen molar-refractivity contribution >= 4 is 17.2 Å². The zero-order valence-electron chi connectivity index (χ0n) is 12.4. The van der Waals surface area contributed by atoms with Gasteiger partial charge in [0.05, 0.1) is 12.1 Å². The molecule has 1 unspecified atom stereocenters. The van der Waals surface area contributed by atoms with Crippen molar-refractivity contribution in [2.45, 2.75) is 32.2 Å². The van der Waals surface area contributed by atoms with E-state index < -0.39 is 17.8 Å². The Kier molecular flexibility index (Phi) is 5.65. The van der Waals surface area contributed by atoms with Crippen molar-refractivity contribution in [1.29, 1.82) is 0 Å². The fraction of sp³-hybridized carbons (Fsp3) is 0.312. The highest BCUT2D eigenvalue weighted by molar-refractivity contribution is 7.09. The predicted octanol–water partition coefficient (Wildman–Crippen LogP) is 4.24. The number of ether oxygens (including phenoxy) is 1. The van der Waals surface area contributed by atoms with Gasteiger partial charge in [-0.15, -0.1) is 11.3 Å². The van der Waals surface area contributed by atoms with Gasteiger partial charge < -0.3 is 10.1 Å². The molecule has 1 heterocycles. The molecule has 1 amide bonds. The van der Waals surface area contributed by atoms with Crippen LogP contribution in [-0.4, -0.2) is 12.0 Å². The average molecular weight is 343 g/mol. The highest BCUT2D eigenvalue weighted by Crippen LogP contribution is 2.31. The summed E-state index contributed by atoms with van der Waals surface area (Å²) in [7, 11) is 0. The molecule has 0 radical (unpaired) electrons. The molecule has 23 heavy (non-hydrogen) atoms. The van der Waals surface area contributed by atoms with Gasteiger partial charge in [-0.25, -0.2) is 0 Å². The molecule has 124 valence electrons.